The topological polar surface area (TPSA) is 188 Å². The number of nitrogens with zero attached hydrogens (tertiary/aromatic N) is 3. The van der Waals surface area contributed by atoms with Crippen LogP contribution in [0.5, 0.6) is 0 Å². The minimum absolute atomic E-state index is 0.0383. The summed E-state index contributed by atoms with van der Waals surface area (Å²) in [6, 6.07) is 4.67. The monoisotopic (exact) mass is 581 g/mol. The summed E-state index contributed by atoms with van der Waals surface area (Å²) in [5.74, 6) is -3.11. The highest BCUT2D eigenvalue weighted by Gasteiger charge is 2.43. The molecule has 1 fully saturated rings. The molecule has 3 aromatic rings. The average Bonchev–Trinajstić information content (AvgIpc) is 3.38. The largest absolute Gasteiger partial charge is 0.434 e. The Labute approximate surface area is 223 Å². The Bertz CT molecular complexity index is 1620. The van der Waals surface area contributed by atoms with Crippen LogP contribution >= 0.6 is 19.3 Å². The van der Waals surface area contributed by atoms with Crippen LogP contribution in [0.2, 0.25) is 5.02 Å². The smallest absolute Gasteiger partial charge is 0.395 e. The number of imide groups is 1. The molecule has 0 spiro atoms. The molecule has 2 unspecified atom stereocenters. The fraction of sp³-hybridized carbons (Fsp3) is 0.174. The lowest BCUT2D eigenvalue weighted by molar-refractivity contribution is -0.127. The predicted molar refractivity (Wildman–Crippen MR) is 133 cm³/mol. The summed E-state index contributed by atoms with van der Waals surface area (Å²) in [6.45, 7) is -0.570. The highest BCUT2D eigenvalue weighted by Crippen LogP contribution is 2.44. The molecule has 0 radical (unpaired) electrons. The van der Waals surface area contributed by atoms with E-state index >= 15 is 0 Å². The first-order valence-electron chi connectivity index (χ1n) is 11.0. The van der Waals surface area contributed by atoms with Crippen molar-refractivity contribution in [3.05, 3.63) is 75.6 Å². The first kappa shape index (κ1) is 28.3. The second-order valence-electron chi connectivity index (χ2n) is 8.28. The number of halogens is 3. The normalized spacial score (nSPS) is 16.6. The van der Waals surface area contributed by atoms with Crippen LogP contribution in [0.1, 0.15) is 22.7 Å². The van der Waals surface area contributed by atoms with Crippen LogP contribution in [-0.2, 0) is 9.36 Å². The van der Waals surface area contributed by atoms with E-state index in [2.05, 4.69) is 10.6 Å². The zero-order valence-electron chi connectivity index (χ0n) is 19.5. The van der Waals surface area contributed by atoms with Crippen molar-refractivity contribution in [1.29, 1.82) is 5.26 Å². The van der Waals surface area contributed by atoms with Crippen LogP contribution in [0.4, 0.5) is 13.6 Å². The third kappa shape index (κ3) is 5.29. The van der Waals surface area contributed by atoms with Gasteiger partial charge in [0.05, 0.1) is 22.7 Å². The number of aliphatic hydroxyl groups excluding tert-OH is 2. The molecule has 1 aliphatic rings. The van der Waals surface area contributed by atoms with Crippen molar-refractivity contribution in [3.63, 3.8) is 0 Å². The number of nitrogens with one attached hydrogen (secondary N) is 2. The van der Waals surface area contributed by atoms with Crippen LogP contribution in [0.15, 0.2) is 42.2 Å². The molecule has 4 rings (SSSR count). The Balaban J connectivity index is 1.81. The molecular formula is C23H19ClF2N5O7P. The maximum atomic E-state index is 14.7. The number of hydrogen-bond donors (Lipinski definition) is 6. The van der Waals surface area contributed by atoms with Gasteiger partial charge >= 0.3 is 13.8 Å². The average molecular weight is 582 g/mol. The molecular weight excluding hydrogens is 563 g/mol. The number of rotatable bonds is 8. The minimum Gasteiger partial charge on any atom is -0.395 e. The molecule has 12 nitrogen and oxygen atoms in total. The molecule has 1 saturated heterocycles. The van der Waals surface area contributed by atoms with E-state index in [1.54, 1.807) is 6.07 Å². The van der Waals surface area contributed by atoms with E-state index in [-0.39, 0.29) is 28.6 Å². The van der Waals surface area contributed by atoms with Gasteiger partial charge in [0.15, 0.2) is 5.82 Å². The molecule has 1 aromatic heterocycles. The summed E-state index contributed by atoms with van der Waals surface area (Å²) in [5, 5.41) is 33.2. The molecule has 204 valence electrons. The highest BCUT2D eigenvalue weighted by atomic mass is 35.5. The van der Waals surface area contributed by atoms with Crippen molar-refractivity contribution < 1.29 is 42.9 Å². The number of carbonyl (C=O) groups is 2. The van der Waals surface area contributed by atoms with Gasteiger partial charge in [0.2, 0.25) is 0 Å². The Morgan fingerprint density at radius 2 is 1.95 bits per heavy atom. The number of aliphatic hydroxyl groups is 2. The second kappa shape index (κ2) is 10.8. The van der Waals surface area contributed by atoms with Crippen LogP contribution in [0.25, 0.3) is 17.0 Å². The minimum atomic E-state index is -5.08. The molecule has 6 N–H and O–H groups in total. The second-order valence-corrected chi connectivity index (χ2v) is 10.1. The standard InChI is InChI=1S/C23H19ClF2N5O7P/c24-15-4-3-14-13(10-30(39(36,37)38)20(14)18(15)26)8-17-22(34)31(23(35)29-17)19(21(33)28-5-6-32)11-1-2-12(9-27)16(25)7-11/h1-4,7-8,10,19,21,28,32-33H,5-6H2,(H,29,35)(H2,36,37,38)/b17-8-. The highest BCUT2D eigenvalue weighted by molar-refractivity contribution is 7.50. The molecule has 0 bridgehead atoms. The number of carbonyl (C=O) groups excluding carboxylic acids is 2. The summed E-state index contributed by atoms with van der Waals surface area (Å²) >= 11 is 5.78. The Kier molecular flexibility index (Phi) is 7.87. The van der Waals surface area contributed by atoms with Crippen molar-refractivity contribution in [3.8, 4) is 6.07 Å². The van der Waals surface area contributed by atoms with Crippen molar-refractivity contribution in [2.75, 3.05) is 13.2 Å². The van der Waals surface area contributed by atoms with Crippen LogP contribution in [-0.4, -0.2) is 60.6 Å². The van der Waals surface area contributed by atoms with E-state index in [1.807, 2.05) is 0 Å². The van der Waals surface area contributed by atoms with Crippen molar-refractivity contribution in [1.82, 2.24) is 19.9 Å². The van der Waals surface area contributed by atoms with Crippen molar-refractivity contribution in [2.45, 2.75) is 12.3 Å². The summed E-state index contributed by atoms with van der Waals surface area (Å²) in [6.07, 6.45) is 0.239. The number of amides is 3. The maximum Gasteiger partial charge on any atom is 0.434 e. The molecule has 0 saturated carbocycles. The summed E-state index contributed by atoms with van der Waals surface area (Å²) in [4.78, 5) is 46.3. The van der Waals surface area contributed by atoms with Gasteiger partial charge in [-0.05, 0) is 29.8 Å². The van der Waals surface area contributed by atoms with Crippen LogP contribution in [0.3, 0.4) is 0 Å². The number of aromatic nitrogens is 1. The molecule has 2 heterocycles. The van der Waals surface area contributed by atoms with Gasteiger partial charge < -0.3 is 25.3 Å². The lowest BCUT2D eigenvalue weighted by Gasteiger charge is -2.30. The zero-order chi connectivity index (χ0) is 28.6. The van der Waals surface area contributed by atoms with E-state index in [1.165, 1.54) is 12.1 Å². The van der Waals surface area contributed by atoms with Gasteiger partial charge in [-0.25, -0.2) is 23.0 Å². The van der Waals surface area contributed by atoms with E-state index in [9.17, 15) is 37.8 Å². The Morgan fingerprint density at radius 3 is 2.56 bits per heavy atom. The van der Waals surface area contributed by atoms with E-state index in [0.717, 1.165) is 30.5 Å². The number of urea groups is 1. The van der Waals surface area contributed by atoms with Crippen molar-refractivity contribution >= 4 is 48.3 Å². The first-order chi connectivity index (χ1) is 18.4. The molecule has 0 aliphatic carbocycles. The Hall–Kier alpha value is -3.67. The maximum absolute atomic E-state index is 14.7. The van der Waals surface area contributed by atoms with Gasteiger partial charge in [-0.15, -0.1) is 0 Å². The third-order valence-electron chi connectivity index (χ3n) is 5.86. The van der Waals surface area contributed by atoms with E-state index in [4.69, 9.17) is 22.0 Å². The fourth-order valence-electron chi connectivity index (χ4n) is 4.14. The quantitative estimate of drug-likeness (QED) is 0.0999. The van der Waals surface area contributed by atoms with Gasteiger partial charge in [0.1, 0.15) is 29.9 Å². The van der Waals surface area contributed by atoms with Gasteiger partial charge in [-0.1, -0.05) is 23.7 Å². The SMILES string of the molecule is N#Cc1ccc(C(C(O)NCCO)N2C(=O)N/C(=C\c3cn(P(=O)(O)O)c4c(F)c(Cl)ccc34)C2=O)cc1F. The molecule has 16 heteroatoms. The predicted octanol–water partition coefficient (Wildman–Crippen LogP) is 1.92. The van der Waals surface area contributed by atoms with E-state index in [0.29, 0.717) is 9.24 Å². The number of benzene rings is 2. The third-order valence-corrected chi connectivity index (χ3v) is 7.03. The van der Waals surface area contributed by atoms with Gasteiger partial charge in [0.25, 0.3) is 5.91 Å². The molecule has 1 aliphatic heterocycles. The fourth-order valence-corrected chi connectivity index (χ4v) is 5.03. The summed E-state index contributed by atoms with van der Waals surface area (Å²) in [5.41, 5.74) is -1.39. The Morgan fingerprint density at radius 1 is 1.23 bits per heavy atom. The van der Waals surface area contributed by atoms with Crippen molar-refractivity contribution in [2.24, 2.45) is 0 Å². The number of fused-ring (bicyclic) bond motifs is 1. The van der Waals surface area contributed by atoms with Gasteiger partial charge in [0, 0.05) is 23.7 Å². The van der Waals surface area contributed by atoms with Gasteiger partial charge in [-0.2, -0.15) is 5.26 Å². The summed E-state index contributed by atoms with van der Waals surface area (Å²) in [7, 11) is -5.08. The first-order valence-corrected chi connectivity index (χ1v) is 13.0. The number of hydrogen-bond acceptors (Lipinski definition) is 7. The van der Waals surface area contributed by atoms with Crippen LogP contribution in [0, 0.1) is 23.0 Å². The molecule has 2 atom stereocenters. The molecule has 3 amide bonds. The van der Waals surface area contributed by atoms with Gasteiger partial charge in [-0.3, -0.25) is 14.4 Å². The lowest BCUT2D eigenvalue weighted by Crippen LogP contribution is -2.47. The van der Waals surface area contributed by atoms with Crippen LogP contribution < -0.4 is 10.6 Å². The summed E-state index contributed by atoms with van der Waals surface area (Å²) < 4.78 is 41.5. The molecule has 39 heavy (non-hydrogen) atoms. The van der Waals surface area contributed by atoms with E-state index < -0.39 is 66.4 Å². The molecule has 2 aromatic carbocycles. The number of nitriles is 1. The lowest BCUT2D eigenvalue weighted by atomic mass is 10.0. The zero-order valence-corrected chi connectivity index (χ0v) is 21.2.